The fourth-order valence-electron chi connectivity index (χ4n) is 2.89. The third-order valence-electron chi connectivity index (χ3n) is 4.51. The monoisotopic (exact) mass is 333 g/mol. The smallest absolute Gasteiger partial charge is 0.157 e. The molecule has 0 amide bonds. The summed E-state index contributed by atoms with van der Waals surface area (Å²) in [6.07, 6.45) is 1.85. The van der Waals surface area contributed by atoms with E-state index in [1.807, 2.05) is 36.7 Å². The molecule has 126 valence electrons. The van der Waals surface area contributed by atoms with E-state index in [0.29, 0.717) is 6.54 Å². The maximum absolute atomic E-state index is 5.52. The topological polar surface area (TPSA) is 53.1 Å². The Morgan fingerprint density at radius 2 is 1.80 bits per heavy atom. The van der Waals surface area contributed by atoms with E-state index in [1.54, 1.807) is 7.11 Å². The molecule has 4 rings (SSSR count). The number of fused-ring (bicyclic) bond motifs is 1. The zero-order chi connectivity index (χ0) is 17.4. The van der Waals surface area contributed by atoms with Crippen molar-refractivity contribution < 1.29 is 9.26 Å². The van der Waals surface area contributed by atoms with Gasteiger partial charge in [0, 0.05) is 11.6 Å². The van der Waals surface area contributed by atoms with E-state index in [4.69, 9.17) is 9.26 Å². The molecule has 25 heavy (non-hydrogen) atoms. The Balaban J connectivity index is 1.61. The Bertz CT molecular complexity index is 1030. The molecule has 0 spiro atoms. The number of nitrogens with zero attached hydrogens (tertiary/aromatic N) is 3. The van der Waals surface area contributed by atoms with Gasteiger partial charge in [0.1, 0.15) is 11.4 Å². The van der Waals surface area contributed by atoms with Gasteiger partial charge in [0.05, 0.1) is 31.0 Å². The first-order valence-electron chi connectivity index (χ1n) is 8.16. The van der Waals surface area contributed by atoms with Crippen LogP contribution >= 0.6 is 0 Å². The van der Waals surface area contributed by atoms with Crippen molar-refractivity contribution in [2.75, 3.05) is 7.11 Å². The van der Waals surface area contributed by atoms with Gasteiger partial charge in [-0.05, 0) is 61.4 Å². The van der Waals surface area contributed by atoms with Gasteiger partial charge in [-0.25, -0.2) is 4.98 Å². The average Bonchev–Trinajstić information content (AvgIpc) is 3.24. The van der Waals surface area contributed by atoms with E-state index in [1.165, 1.54) is 11.1 Å². The first-order chi connectivity index (χ1) is 12.1. The third-order valence-corrected chi connectivity index (χ3v) is 4.51. The van der Waals surface area contributed by atoms with E-state index in [0.717, 1.165) is 33.8 Å². The lowest BCUT2D eigenvalue weighted by Crippen LogP contribution is -1.97. The fraction of sp³-hybridized carbons (Fsp3) is 0.200. The zero-order valence-electron chi connectivity index (χ0n) is 14.5. The second-order valence-electron chi connectivity index (χ2n) is 6.20. The quantitative estimate of drug-likeness (QED) is 0.556. The molecule has 0 aliphatic carbocycles. The minimum Gasteiger partial charge on any atom is -0.497 e. The standard InChI is InChI=1S/C20H19N3O2/c1-13-8-19-20(9-14(13)2)23(12-21-19)11-17-10-18(22-25-17)15-4-6-16(24-3)7-5-15/h4-10,12H,11H2,1-3H3. The maximum atomic E-state index is 5.52. The van der Waals surface area contributed by atoms with Crippen LogP contribution in [-0.4, -0.2) is 21.8 Å². The molecule has 0 bridgehead atoms. The highest BCUT2D eigenvalue weighted by molar-refractivity contribution is 5.77. The summed E-state index contributed by atoms with van der Waals surface area (Å²) in [6, 6.07) is 14.0. The van der Waals surface area contributed by atoms with Crippen molar-refractivity contribution in [1.82, 2.24) is 14.7 Å². The number of benzene rings is 2. The lowest BCUT2D eigenvalue weighted by atomic mass is 10.1. The molecule has 2 aromatic carbocycles. The number of methoxy groups -OCH3 is 1. The second-order valence-corrected chi connectivity index (χ2v) is 6.20. The van der Waals surface area contributed by atoms with Crippen LogP contribution in [0.5, 0.6) is 5.75 Å². The Hall–Kier alpha value is -3.08. The van der Waals surface area contributed by atoms with Crippen LogP contribution in [0.1, 0.15) is 16.9 Å². The van der Waals surface area contributed by atoms with Gasteiger partial charge >= 0.3 is 0 Å². The van der Waals surface area contributed by atoms with Gasteiger partial charge in [0.25, 0.3) is 0 Å². The Morgan fingerprint density at radius 1 is 1.04 bits per heavy atom. The van der Waals surface area contributed by atoms with Crippen LogP contribution in [0, 0.1) is 13.8 Å². The number of aromatic nitrogens is 3. The van der Waals surface area contributed by atoms with Crippen molar-refractivity contribution in [3.05, 3.63) is 65.7 Å². The molecule has 2 aromatic heterocycles. The molecule has 0 N–H and O–H groups in total. The van der Waals surface area contributed by atoms with Crippen LogP contribution in [-0.2, 0) is 6.54 Å². The third kappa shape index (κ3) is 2.89. The molecular formula is C20H19N3O2. The number of ether oxygens (including phenoxy) is 1. The molecule has 0 aliphatic heterocycles. The summed E-state index contributed by atoms with van der Waals surface area (Å²) in [6.45, 7) is 4.82. The minimum absolute atomic E-state index is 0.599. The molecule has 5 heteroatoms. The molecule has 0 aliphatic rings. The molecule has 4 aromatic rings. The van der Waals surface area contributed by atoms with E-state index < -0.39 is 0 Å². The van der Waals surface area contributed by atoms with Crippen molar-refractivity contribution in [1.29, 1.82) is 0 Å². The van der Waals surface area contributed by atoms with Gasteiger partial charge in [0.2, 0.25) is 0 Å². The molecule has 0 unspecified atom stereocenters. The first kappa shape index (κ1) is 15.4. The predicted molar refractivity (Wildman–Crippen MR) is 96.8 cm³/mol. The highest BCUT2D eigenvalue weighted by atomic mass is 16.5. The number of hydrogen-bond donors (Lipinski definition) is 0. The van der Waals surface area contributed by atoms with Crippen LogP contribution in [0.4, 0.5) is 0 Å². The van der Waals surface area contributed by atoms with Crippen molar-refractivity contribution in [2.24, 2.45) is 0 Å². The van der Waals surface area contributed by atoms with Crippen molar-refractivity contribution >= 4 is 11.0 Å². The van der Waals surface area contributed by atoms with Gasteiger partial charge < -0.3 is 13.8 Å². The van der Waals surface area contributed by atoms with E-state index in [2.05, 4.69) is 40.7 Å². The lowest BCUT2D eigenvalue weighted by molar-refractivity contribution is 0.379. The largest absolute Gasteiger partial charge is 0.497 e. The predicted octanol–water partition coefficient (Wildman–Crippen LogP) is 4.37. The van der Waals surface area contributed by atoms with Crippen molar-refractivity contribution in [3.63, 3.8) is 0 Å². The summed E-state index contributed by atoms with van der Waals surface area (Å²) < 4.78 is 12.8. The number of imidazole rings is 1. The molecule has 2 heterocycles. The molecule has 0 fully saturated rings. The second kappa shape index (κ2) is 6.09. The van der Waals surface area contributed by atoms with Crippen molar-refractivity contribution in [3.8, 4) is 17.0 Å². The molecule has 0 saturated carbocycles. The summed E-state index contributed by atoms with van der Waals surface area (Å²) in [5, 5.41) is 4.18. The van der Waals surface area contributed by atoms with Gasteiger partial charge in [-0.1, -0.05) is 5.16 Å². The van der Waals surface area contributed by atoms with E-state index >= 15 is 0 Å². The highest BCUT2D eigenvalue weighted by Crippen LogP contribution is 2.24. The van der Waals surface area contributed by atoms with E-state index in [9.17, 15) is 0 Å². The Morgan fingerprint density at radius 3 is 2.56 bits per heavy atom. The highest BCUT2D eigenvalue weighted by Gasteiger charge is 2.10. The SMILES string of the molecule is COc1ccc(-c2cc(Cn3cnc4cc(C)c(C)cc43)on2)cc1. The Kier molecular flexibility index (Phi) is 3.76. The molecule has 0 radical (unpaired) electrons. The zero-order valence-corrected chi connectivity index (χ0v) is 14.5. The van der Waals surface area contributed by atoms with Gasteiger partial charge in [-0.3, -0.25) is 0 Å². The molecule has 0 saturated heterocycles. The normalized spacial score (nSPS) is 11.2. The van der Waals surface area contributed by atoms with Gasteiger partial charge in [-0.2, -0.15) is 0 Å². The van der Waals surface area contributed by atoms with Gasteiger partial charge in [-0.15, -0.1) is 0 Å². The van der Waals surface area contributed by atoms with Crippen LogP contribution in [0.25, 0.3) is 22.3 Å². The average molecular weight is 333 g/mol. The summed E-state index contributed by atoms with van der Waals surface area (Å²) in [5.74, 6) is 1.62. The van der Waals surface area contributed by atoms with Gasteiger partial charge in [0.15, 0.2) is 5.76 Å². The molecular weight excluding hydrogens is 314 g/mol. The van der Waals surface area contributed by atoms with Crippen LogP contribution in [0.2, 0.25) is 0 Å². The molecule has 5 nitrogen and oxygen atoms in total. The van der Waals surface area contributed by atoms with E-state index in [-0.39, 0.29) is 0 Å². The summed E-state index contributed by atoms with van der Waals surface area (Å²) in [7, 11) is 1.65. The van der Waals surface area contributed by atoms with Crippen LogP contribution in [0.15, 0.2) is 53.3 Å². The fourth-order valence-corrected chi connectivity index (χ4v) is 2.89. The van der Waals surface area contributed by atoms with Crippen molar-refractivity contribution in [2.45, 2.75) is 20.4 Å². The molecule has 0 atom stereocenters. The maximum Gasteiger partial charge on any atom is 0.157 e. The number of hydrogen-bond acceptors (Lipinski definition) is 4. The van der Waals surface area contributed by atoms with Crippen LogP contribution in [0.3, 0.4) is 0 Å². The summed E-state index contributed by atoms with van der Waals surface area (Å²) in [4.78, 5) is 4.49. The number of aryl methyl sites for hydroxylation is 2. The first-order valence-corrected chi connectivity index (χ1v) is 8.16. The Labute approximate surface area is 145 Å². The summed E-state index contributed by atoms with van der Waals surface area (Å²) >= 11 is 0. The lowest BCUT2D eigenvalue weighted by Gasteiger charge is -2.03. The summed E-state index contributed by atoms with van der Waals surface area (Å²) in [5.41, 5.74) is 6.42. The number of rotatable bonds is 4. The van der Waals surface area contributed by atoms with Crippen LogP contribution < -0.4 is 4.74 Å². The minimum atomic E-state index is 0.599.